The summed E-state index contributed by atoms with van der Waals surface area (Å²) in [4.78, 5) is 28.6. The first-order chi connectivity index (χ1) is 11.9. The monoisotopic (exact) mass is 384 g/mol. The number of fused-ring (bicyclic) bond motifs is 2. The van der Waals surface area contributed by atoms with Crippen molar-refractivity contribution >= 4 is 35.0 Å². The molecule has 0 aliphatic carbocycles. The molecule has 0 radical (unpaired) electrons. The molecule has 3 aliphatic heterocycles. The number of hydrogen-bond donors (Lipinski definition) is 2. The number of nitrogens with zero attached hydrogens (tertiary/aromatic N) is 2. The molecule has 4 atom stereocenters. The summed E-state index contributed by atoms with van der Waals surface area (Å²) in [6.45, 7) is 0.621. The van der Waals surface area contributed by atoms with Crippen molar-refractivity contribution < 1.29 is 19.8 Å². The van der Waals surface area contributed by atoms with Crippen molar-refractivity contribution in [3.8, 4) is 5.75 Å². The number of carbonyl (C=O) groups is 2. The van der Waals surface area contributed by atoms with Gasteiger partial charge in [0.05, 0.1) is 16.1 Å². The molecular formula is C17H18Cl2N2O4. The Bertz CT molecular complexity index is 756. The maximum absolute atomic E-state index is 12.8. The highest BCUT2D eigenvalue weighted by atomic mass is 35.5. The van der Waals surface area contributed by atoms with Gasteiger partial charge in [0.25, 0.3) is 0 Å². The number of phenols is 1. The summed E-state index contributed by atoms with van der Waals surface area (Å²) in [5.74, 6) is -0.338. The van der Waals surface area contributed by atoms with Crippen LogP contribution in [0.5, 0.6) is 5.75 Å². The van der Waals surface area contributed by atoms with Crippen LogP contribution in [-0.4, -0.2) is 63.1 Å². The number of aliphatic hydroxyl groups excluding tert-OH is 1. The number of aliphatic hydroxyl groups is 1. The average Bonchev–Trinajstić information content (AvgIpc) is 2.98. The van der Waals surface area contributed by atoms with Gasteiger partial charge in [0.1, 0.15) is 17.8 Å². The van der Waals surface area contributed by atoms with E-state index in [0.717, 1.165) is 0 Å². The summed E-state index contributed by atoms with van der Waals surface area (Å²) in [6, 6.07) is 1.90. The maximum Gasteiger partial charge on any atom is 0.246 e. The van der Waals surface area contributed by atoms with Gasteiger partial charge in [-0.1, -0.05) is 23.2 Å². The van der Waals surface area contributed by atoms with Crippen molar-refractivity contribution in [3.63, 3.8) is 0 Å². The summed E-state index contributed by atoms with van der Waals surface area (Å²) >= 11 is 12.4. The number of amides is 2. The number of hydrogen-bond acceptors (Lipinski definition) is 4. The zero-order valence-electron chi connectivity index (χ0n) is 13.4. The molecular weight excluding hydrogens is 367 g/mol. The summed E-state index contributed by atoms with van der Waals surface area (Å²) < 4.78 is 0. The van der Waals surface area contributed by atoms with E-state index in [-0.39, 0.29) is 30.0 Å². The first-order valence-corrected chi connectivity index (χ1v) is 9.10. The van der Waals surface area contributed by atoms with Gasteiger partial charge in [-0.3, -0.25) is 9.59 Å². The fraction of sp³-hybridized carbons (Fsp3) is 0.529. The lowest BCUT2D eigenvalue weighted by atomic mass is 9.83. The van der Waals surface area contributed by atoms with Crippen LogP contribution in [0.2, 0.25) is 10.0 Å². The Morgan fingerprint density at radius 2 is 1.72 bits per heavy atom. The molecule has 0 bridgehead atoms. The lowest BCUT2D eigenvalue weighted by Gasteiger charge is -2.46. The topological polar surface area (TPSA) is 81.1 Å². The summed E-state index contributed by atoms with van der Waals surface area (Å²) in [7, 11) is 0. The minimum Gasteiger partial charge on any atom is -0.508 e. The number of piperidine rings is 1. The minimum atomic E-state index is -0.651. The molecule has 2 amide bonds. The quantitative estimate of drug-likeness (QED) is 0.772. The van der Waals surface area contributed by atoms with Crippen molar-refractivity contribution in [3.05, 3.63) is 27.7 Å². The Morgan fingerprint density at radius 1 is 1.04 bits per heavy atom. The molecule has 0 saturated carbocycles. The van der Waals surface area contributed by atoms with E-state index in [1.165, 1.54) is 17.0 Å². The Labute approximate surface area is 154 Å². The van der Waals surface area contributed by atoms with Crippen molar-refractivity contribution in [2.45, 2.75) is 43.4 Å². The van der Waals surface area contributed by atoms with Crippen molar-refractivity contribution in [2.24, 2.45) is 0 Å². The molecule has 1 aromatic rings. The van der Waals surface area contributed by atoms with Gasteiger partial charge in [0.2, 0.25) is 11.8 Å². The smallest absolute Gasteiger partial charge is 0.246 e. The van der Waals surface area contributed by atoms with Crippen LogP contribution < -0.4 is 0 Å². The van der Waals surface area contributed by atoms with Gasteiger partial charge in [-0.15, -0.1) is 0 Å². The SMILES string of the molecule is O=C1[C@@H]2C[C@H](O)CN2C(=O)[C@@H]2C[C@H](c3c(O)ccc(Cl)c3Cl)CCN12. The second-order valence-electron chi connectivity index (χ2n) is 6.96. The second-order valence-corrected chi connectivity index (χ2v) is 7.74. The first-order valence-electron chi connectivity index (χ1n) is 8.34. The molecule has 3 aliphatic rings. The molecule has 4 rings (SSSR count). The highest BCUT2D eigenvalue weighted by Crippen LogP contribution is 2.44. The number of rotatable bonds is 1. The number of aromatic hydroxyl groups is 1. The Balaban J connectivity index is 1.64. The number of carbonyl (C=O) groups excluding carboxylic acids is 2. The molecule has 25 heavy (non-hydrogen) atoms. The largest absolute Gasteiger partial charge is 0.508 e. The molecule has 0 aromatic heterocycles. The van der Waals surface area contributed by atoms with Crippen LogP contribution in [0.1, 0.15) is 30.7 Å². The van der Waals surface area contributed by atoms with E-state index in [2.05, 4.69) is 0 Å². The van der Waals surface area contributed by atoms with Gasteiger partial charge < -0.3 is 20.0 Å². The van der Waals surface area contributed by atoms with Crippen molar-refractivity contribution in [1.82, 2.24) is 9.80 Å². The predicted molar refractivity (Wildman–Crippen MR) is 91.7 cm³/mol. The lowest BCUT2D eigenvalue weighted by Crippen LogP contribution is -2.64. The molecule has 0 spiro atoms. The van der Waals surface area contributed by atoms with Gasteiger partial charge in [-0.2, -0.15) is 0 Å². The van der Waals surface area contributed by atoms with E-state index in [4.69, 9.17) is 23.2 Å². The maximum atomic E-state index is 12.8. The standard InChI is InChI=1S/C17H18Cl2N2O4/c18-10-1-2-13(23)14(15(10)19)8-3-4-20-11(5-8)17(25)21-7-9(22)6-12(21)16(20)24/h1-2,8-9,11-12,22-23H,3-7H2/t8-,9+,11+,12+/m1/s1. The Kier molecular flexibility index (Phi) is 4.09. The molecule has 2 N–H and O–H groups in total. The highest BCUT2D eigenvalue weighted by molar-refractivity contribution is 6.42. The first kappa shape index (κ1) is 16.9. The fourth-order valence-electron chi connectivity index (χ4n) is 4.34. The van der Waals surface area contributed by atoms with Gasteiger partial charge in [0.15, 0.2) is 0 Å². The van der Waals surface area contributed by atoms with Crippen LogP contribution in [0.4, 0.5) is 0 Å². The number of piperazine rings is 1. The molecule has 1 aromatic carbocycles. The van der Waals surface area contributed by atoms with Crippen molar-refractivity contribution in [1.29, 1.82) is 0 Å². The lowest BCUT2D eigenvalue weighted by molar-refractivity contribution is -0.161. The van der Waals surface area contributed by atoms with Crippen LogP contribution in [0, 0.1) is 0 Å². The molecule has 134 valence electrons. The molecule has 3 saturated heterocycles. The van der Waals surface area contributed by atoms with Crippen LogP contribution in [-0.2, 0) is 9.59 Å². The van der Waals surface area contributed by atoms with Crippen LogP contribution >= 0.6 is 23.2 Å². The van der Waals surface area contributed by atoms with E-state index in [0.29, 0.717) is 41.4 Å². The molecule has 8 heteroatoms. The van der Waals surface area contributed by atoms with Crippen LogP contribution in [0.25, 0.3) is 0 Å². The zero-order valence-corrected chi connectivity index (χ0v) is 14.9. The Morgan fingerprint density at radius 3 is 2.48 bits per heavy atom. The normalized spacial score (nSPS) is 32.0. The molecule has 3 heterocycles. The van der Waals surface area contributed by atoms with Gasteiger partial charge >= 0.3 is 0 Å². The van der Waals surface area contributed by atoms with E-state index < -0.39 is 18.2 Å². The average molecular weight is 385 g/mol. The highest BCUT2D eigenvalue weighted by Gasteiger charge is 2.52. The van der Waals surface area contributed by atoms with Crippen molar-refractivity contribution in [2.75, 3.05) is 13.1 Å². The number of benzene rings is 1. The molecule has 6 nitrogen and oxygen atoms in total. The summed E-state index contributed by atoms with van der Waals surface area (Å²) in [6.07, 6.45) is 0.634. The second kappa shape index (κ2) is 6.04. The van der Waals surface area contributed by atoms with Crippen LogP contribution in [0.3, 0.4) is 0 Å². The summed E-state index contributed by atoms with van der Waals surface area (Å²) in [5, 5.41) is 20.7. The third-order valence-electron chi connectivity index (χ3n) is 5.54. The Hall–Kier alpha value is -1.50. The third-order valence-corrected chi connectivity index (χ3v) is 6.35. The van der Waals surface area contributed by atoms with E-state index in [1.807, 2.05) is 0 Å². The molecule has 0 unspecified atom stereocenters. The van der Waals surface area contributed by atoms with Gasteiger partial charge in [-0.05, 0) is 30.9 Å². The van der Waals surface area contributed by atoms with E-state index in [1.54, 1.807) is 4.90 Å². The zero-order chi connectivity index (χ0) is 17.9. The summed E-state index contributed by atoms with van der Waals surface area (Å²) in [5.41, 5.74) is 0.539. The number of phenolic OH excluding ortho intramolecular Hbond substituents is 1. The van der Waals surface area contributed by atoms with Crippen LogP contribution in [0.15, 0.2) is 12.1 Å². The molecule has 3 fully saturated rings. The van der Waals surface area contributed by atoms with Gasteiger partial charge in [0, 0.05) is 25.1 Å². The minimum absolute atomic E-state index is 0.0527. The predicted octanol–water partition coefficient (Wildman–Crippen LogP) is 1.75. The van der Waals surface area contributed by atoms with E-state index >= 15 is 0 Å². The van der Waals surface area contributed by atoms with Gasteiger partial charge in [-0.25, -0.2) is 0 Å². The third kappa shape index (κ3) is 2.58. The fourth-order valence-corrected chi connectivity index (χ4v) is 4.82. The van der Waals surface area contributed by atoms with E-state index in [9.17, 15) is 19.8 Å². The number of halogens is 2.